The van der Waals surface area contributed by atoms with Crippen molar-refractivity contribution in [2.45, 2.75) is 29.4 Å². The highest BCUT2D eigenvalue weighted by Crippen LogP contribution is 2.49. The Morgan fingerprint density at radius 1 is 0.465 bits per heavy atom. The predicted molar refractivity (Wildman–Crippen MR) is 302 cm³/mol. The number of aromatic amines is 1. The third-order valence-corrected chi connectivity index (χ3v) is 18.1. The van der Waals surface area contributed by atoms with Crippen LogP contribution in [0.15, 0.2) is 168 Å². The molecule has 0 unspecified atom stereocenters. The smallest absolute Gasteiger partial charge is 0.298 e. The lowest BCUT2D eigenvalue weighted by Gasteiger charge is -2.26. The number of hydrogen-bond donors (Lipinski definition) is 10. The third kappa shape index (κ3) is 11.9. The molecule has 2 heterocycles. The molecule has 0 saturated carbocycles. The van der Waals surface area contributed by atoms with Crippen LogP contribution in [-0.2, 0) is 60.7 Å². The molecule has 0 bridgehead atoms. The topological polar surface area (TPSA) is 477 Å². The number of anilines is 6. The van der Waals surface area contributed by atoms with Gasteiger partial charge in [-0.05, 0) is 89.0 Å². The Kier molecular flexibility index (Phi) is 15.1. The normalized spacial score (nSPS) is 12.8. The third-order valence-electron chi connectivity index (χ3n) is 12.6. The highest BCUT2D eigenvalue weighted by molar-refractivity contribution is 7.87. The number of ketones is 2. The molecule has 0 atom stereocenters. The minimum absolute atomic E-state index is 0.0205. The van der Waals surface area contributed by atoms with E-state index in [1.54, 1.807) is 0 Å². The van der Waals surface area contributed by atoms with Gasteiger partial charge < -0.3 is 25.7 Å². The lowest BCUT2D eigenvalue weighted by Crippen LogP contribution is -2.24. The molecule has 1 aliphatic carbocycles. The van der Waals surface area contributed by atoms with Crippen LogP contribution in [0.25, 0.3) is 33.2 Å². The first-order valence-electron chi connectivity index (χ1n) is 23.4. The summed E-state index contributed by atoms with van der Waals surface area (Å²) in [5, 5.41) is 6.32. The number of aromatic nitrogens is 4. The van der Waals surface area contributed by atoms with Gasteiger partial charge in [-0.2, -0.15) is 65.5 Å². The molecule has 36 heteroatoms. The molecular formula is C50H32ClN7O22S6. The van der Waals surface area contributed by atoms with Crippen molar-refractivity contribution < 1.29 is 92.1 Å². The van der Waals surface area contributed by atoms with Crippen LogP contribution in [-0.4, -0.2) is 109 Å². The van der Waals surface area contributed by atoms with Crippen LogP contribution in [0.2, 0.25) is 5.28 Å². The van der Waals surface area contributed by atoms with Gasteiger partial charge in [-0.25, -0.2) is 0 Å². The van der Waals surface area contributed by atoms with Crippen LogP contribution in [0.5, 0.6) is 11.5 Å². The van der Waals surface area contributed by atoms with Crippen LogP contribution < -0.4 is 26.2 Å². The van der Waals surface area contributed by atoms with Gasteiger partial charge in [0.25, 0.3) is 66.3 Å². The fraction of sp³-hybridized carbons (Fsp3) is 0. The molecule has 0 aliphatic heterocycles. The van der Waals surface area contributed by atoms with Crippen molar-refractivity contribution in [2.75, 3.05) is 16.0 Å². The summed E-state index contributed by atoms with van der Waals surface area (Å²) >= 11 is 6.18. The van der Waals surface area contributed by atoms with Crippen molar-refractivity contribution in [1.82, 2.24) is 19.9 Å². The van der Waals surface area contributed by atoms with Gasteiger partial charge in [-0.3, -0.25) is 41.7 Å². The van der Waals surface area contributed by atoms with Gasteiger partial charge in [-0.1, -0.05) is 66.7 Å². The van der Waals surface area contributed by atoms with E-state index < -0.39 is 186 Å². The van der Waals surface area contributed by atoms with Gasteiger partial charge >= 0.3 is 0 Å². The number of benzene rings is 7. The summed E-state index contributed by atoms with van der Waals surface area (Å²) in [6, 6.07) is 22.8. The van der Waals surface area contributed by atoms with Gasteiger partial charge in [-0.15, -0.1) is 0 Å². The van der Waals surface area contributed by atoms with Gasteiger partial charge in [0.2, 0.25) is 17.2 Å². The molecule has 86 heavy (non-hydrogen) atoms. The number of hydrogen-bond acceptors (Lipinski definition) is 22. The molecule has 0 saturated heterocycles. The maximum atomic E-state index is 15.2. The lowest BCUT2D eigenvalue weighted by atomic mass is 9.80. The molecule has 0 fully saturated rings. The minimum atomic E-state index is -5.71. The average molecular weight is 1310 g/mol. The van der Waals surface area contributed by atoms with Crippen LogP contribution in [0.3, 0.4) is 0 Å². The second kappa shape index (κ2) is 21.5. The van der Waals surface area contributed by atoms with Crippen LogP contribution in [0.1, 0.15) is 31.8 Å². The van der Waals surface area contributed by atoms with Crippen LogP contribution in [0, 0.1) is 0 Å². The highest BCUT2D eigenvalue weighted by atomic mass is 35.5. The molecule has 0 radical (unpaired) electrons. The predicted octanol–water partition coefficient (Wildman–Crippen LogP) is 6.98. The Morgan fingerprint density at radius 2 is 1.02 bits per heavy atom. The minimum Gasteiger partial charge on any atom is -0.454 e. The summed E-state index contributed by atoms with van der Waals surface area (Å²) in [7, 11) is -31.3. The van der Waals surface area contributed by atoms with E-state index in [1.807, 2.05) is 0 Å². The van der Waals surface area contributed by atoms with Crippen molar-refractivity contribution in [1.29, 1.82) is 0 Å². The number of carbonyl (C=O) groups excluding carboxylic acids is 2. The zero-order valence-corrected chi connectivity index (χ0v) is 47.7. The summed E-state index contributed by atoms with van der Waals surface area (Å²) in [5.41, 5.74) is -7.26. The van der Waals surface area contributed by atoms with Gasteiger partial charge in [0, 0.05) is 28.1 Å². The standard InChI is InChI=1S/C50H32ClN7O22S6/c51-48-56-49(53-30-10-3-4-11-36(30)83(68,69)70)58-50(57-48)54-32-20-31(37(84(71,72)73)22-38(32)85(74,75)76)52-33-21-35(80-34-17-14-24(19-39(34)86(77,78)79)23-12-15-26(16-13-23)81(62,63)64)44-42-40(28-8-1-2-9-29(28)46(60)41(33)42)43(47(61)55-44)45(59)25-6-5-7-27(18-25)82(65,66)67/h1-22,52H,(H,55,61)(H,62,63,64)(H,65,66,67)(H,68,69,70)(H,71,72,73)(H,74,75,76)(H,77,78,79)(H2,53,54,56,57,58). The number of rotatable bonds is 17. The number of fused-ring (bicyclic) bond motifs is 2. The van der Waals surface area contributed by atoms with E-state index in [9.17, 15) is 87.4 Å². The first-order chi connectivity index (χ1) is 40.1. The number of nitrogens with zero attached hydrogens (tertiary/aromatic N) is 3. The van der Waals surface area contributed by atoms with E-state index >= 15 is 4.79 Å². The fourth-order valence-electron chi connectivity index (χ4n) is 9.06. The summed E-state index contributed by atoms with van der Waals surface area (Å²) in [6.45, 7) is 0. The van der Waals surface area contributed by atoms with E-state index in [1.165, 1.54) is 60.7 Å². The van der Waals surface area contributed by atoms with E-state index in [-0.39, 0.29) is 34.0 Å². The largest absolute Gasteiger partial charge is 0.454 e. The Hall–Kier alpha value is -8.95. The highest BCUT2D eigenvalue weighted by Gasteiger charge is 2.37. The van der Waals surface area contributed by atoms with E-state index in [0.29, 0.717) is 6.07 Å². The number of nitrogens with one attached hydrogen (secondary N) is 4. The number of H-pyrrole nitrogens is 1. The molecule has 1 aliphatic rings. The Morgan fingerprint density at radius 3 is 1.63 bits per heavy atom. The molecule has 9 aromatic rings. The molecular weight excluding hydrogens is 1280 g/mol. The summed E-state index contributed by atoms with van der Waals surface area (Å²) < 4.78 is 219. The number of carbonyl (C=O) groups is 2. The van der Waals surface area contributed by atoms with Gasteiger partial charge in [0.05, 0.1) is 49.2 Å². The number of halogens is 1. The zero-order valence-electron chi connectivity index (χ0n) is 42.1. The fourth-order valence-corrected chi connectivity index (χ4v) is 12.9. The van der Waals surface area contributed by atoms with Crippen molar-refractivity contribution in [3.8, 4) is 33.8 Å². The number of ether oxygens (including phenoxy) is 1. The van der Waals surface area contributed by atoms with Gasteiger partial charge in [0.15, 0.2) is 17.3 Å². The summed E-state index contributed by atoms with van der Waals surface area (Å²) in [4.78, 5) is 53.0. The van der Waals surface area contributed by atoms with Crippen molar-refractivity contribution in [3.05, 3.63) is 171 Å². The Balaban J connectivity index is 1.23. The molecule has 0 spiro atoms. The van der Waals surface area contributed by atoms with E-state index in [0.717, 1.165) is 60.7 Å². The SMILES string of the molecule is O=C(c1cccc(S(=O)(=O)O)c1)c1c2c3c(c(Nc4cc(Nc5nc(Cl)nc(Nc6ccccc6S(=O)(=O)O)n5)c(S(=O)(=O)O)cc4S(=O)(=O)O)cc(Oc4ccc(-c5ccc(S(=O)(=O)O)cc5)cc4S(=O)(=O)O)c3[nH]c1=O)C(=O)c1ccccc1-2. The maximum Gasteiger partial charge on any atom is 0.298 e. The molecule has 2 aromatic heterocycles. The molecule has 7 aromatic carbocycles. The van der Waals surface area contributed by atoms with Crippen LogP contribution >= 0.6 is 11.6 Å². The van der Waals surface area contributed by atoms with E-state index in [2.05, 4.69) is 35.9 Å². The molecule has 10 rings (SSSR count). The summed E-state index contributed by atoms with van der Waals surface area (Å²) in [5.74, 6) is -5.03. The quantitative estimate of drug-likeness (QED) is 0.0324. The monoisotopic (exact) mass is 1310 g/mol. The van der Waals surface area contributed by atoms with Gasteiger partial charge in [0.1, 0.15) is 25.3 Å². The summed E-state index contributed by atoms with van der Waals surface area (Å²) in [6.07, 6.45) is 0. The molecule has 10 N–H and O–H groups in total. The Bertz CT molecular complexity index is 5270. The first-order valence-corrected chi connectivity index (χ1v) is 32.4. The Labute approximate surface area is 488 Å². The molecule has 0 amide bonds. The van der Waals surface area contributed by atoms with Crippen LogP contribution in [0.4, 0.5) is 34.6 Å². The second-order valence-electron chi connectivity index (χ2n) is 18.1. The van der Waals surface area contributed by atoms with Crippen molar-refractivity contribution in [2.24, 2.45) is 0 Å². The maximum absolute atomic E-state index is 15.2. The average Bonchev–Trinajstić information content (AvgIpc) is 0.760. The molecule has 442 valence electrons. The van der Waals surface area contributed by atoms with Crippen molar-refractivity contribution in [3.63, 3.8) is 0 Å². The number of para-hydroxylation sites is 1. The lowest BCUT2D eigenvalue weighted by molar-refractivity contribution is 0.102. The zero-order chi connectivity index (χ0) is 62.4. The van der Waals surface area contributed by atoms with E-state index in [4.69, 9.17) is 16.3 Å². The van der Waals surface area contributed by atoms with Crippen molar-refractivity contribution >= 4 is 129 Å². The molecule has 29 nitrogen and oxygen atoms in total. The second-order valence-corrected chi connectivity index (χ2v) is 26.8. The first kappa shape index (κ1) is 60.2. The number of pyridine rings is 1.